The van der Waals surface area contributed by atoms with Crippen molar-refractivity contribution >= 4 is 17.4 Å². The molecule has 1 aromatic heterocycles. The lowest BCUT2D eigenvalue weighted by molar-refractivity contribution is 1.17. The largest absolute Gasteiger partial charge is 0.382 e. The predicted octanol–water partition coefficient (Wildman–Crippen LogP) is 3.97. The summed E-state index contributed by atoms with van der Waals surface area (Å²) in [4.78, 5) is 8.07. The van der Waals surface area contributed by atoms with Gasteiger partial charge in [-0.1, -0.05) is 66.2 Å². The average molecular weight is 296 g/mol. The van der Waals surface area contributed by atoms with E-state index in [4.69, 9.17) is 17.3 Å². The van der Waals surface area contributed by atoms with Crippen LogP contribution in [-0.2, 0) is 6.42 Å². The fourth-order valence-corrected chi connectivity index (χ4v) is 2.40. The van der Waals surface area contributed by atoms with Gasteiger partial charge in [-0.05, 0) is 17.5 Å². The van der Waals surface area contributed by atoms with Crippen LogP contribution in [0.4, 0.5) is 5.82 Å². The highest BCUT2D eigenvalue weighted by Gasteiger charge is 2.08. The van der Waals surface area contributed by atoms with Gasteiger partial charge in [-0.15, -0.1) is 0 Å². The lowest BCUT2D eigenvalue weighted by atomic mass is 10.0. The zero-order valence-electron chi connectivity index (χ0n) is 11.3. The number of benzene rings is 2. The first-order valence-electron chi connectivity index (χ1n) is 6.63. The average Bonchev–Trinajstić information content (AvgIpc) is 2.52. The second-order valence-corrected chi connectivity index (χ2v) is 5.16. The molecule has 21 heavy (non-hydrogen) atoms. The fraction of sp³-hybridized carbons (Fsp3) is 0.0588. The van der Waals surface area contributed by atoms with Crippen molar-refractivity contribution in [3.8, 4) is 11.3 Å². The van der Waals surface area contributed by atoms with Gasteiger partial charge in [0.1, 0.15) is 17.2 Å². The molecular formula is C17H14ClN3. The Bertz CT molecular complexity index is 740. The summed E-state index contributed by atoms with van der Waals surface area (Å²) in [6, 6.07) is 18.5. The third-order valence-corrected chi connectivity index (χ3v) is 3.67. The van der Waals surface area contributed by atoms with Gasteiger partial charge in [0.15, 0.2) is 0 Å². The first-order valence-corrected chi connectivity index (χ1v) is 7.01. The molecule has 104 valence electrons. The molecule has 3 nitrogen and oxygen atoms in total. The van der Waals surface area contributed by atoms with Gasteiger partial charge in [-0.3, -0.25) is 0 Å². The molecule has 0 fully saturated rings. The normalized spacial score (nSPS) is 10.5. The van der Waals surface area contributed by atoms with Crippen LogP contribution in [0.5, 0.6) is 0 Å². The predicted molar refractivity (Wildman–Crippen MR) is 86.1 cm³/mol. The van der Waals surface area contributed by atoms with Gasteiger partial charge < -0.3 is 5.73 Å². The number of rotatable bonds is 3. The molecule has 3 aromatic rings. The summed E-state index contributed by atoms with van der Waals surface area (Å²) in [5.74, 6) is 0.301. The summed E-state index contributed by atoms with van der Waals surface area (Å²) in [6.45, 7) is 0. The van der Waals surface area contributed by atoms with E-state index in [1.807, 2.05) is 30.3 Å². The Morgan fingerprint density at radius 1 is 0.857 bits per heavy atom. The van der Waals surface area contributed by atoms with Crippen molar-refractivity contribution in [3.05, 3.63) is 77.1 Å². The number of anilines is 1. The molecule has 0 aliphatic carbocycles. The number of aromatic nitrogens is 2. The molecule has 1 heterocycles. The highest BCUT2D eigenvalue weighted by molar-refractivity contribution is 6.35. The van der Waals surface area contributed by atoms with Gasteiger partial charge in [0.25, 0.3) is 0 Å². The fourth-order valence-electron chi connectivity index (χ4n) is 2.20. The zero-order valence-corrected chi connectivity index (χ0v) is 12.1. The third-order valence-electron chi connectivity index (χ3n) is 3.29. The second kappa shape index (κ2) is 5.94. The monoisotopic (exact) mass is 295 g/mol. The standard InChI is InChI=1S/C17H14ClN3/c18-15-16(20-11-21-17(15)19)14-8-6-13(7-9-14)10-12-4-2-1-3-5-12/h1-9,11H,10H2,(H2,19,20,21). The molecule has 0 radical (unpaired) electrons. The third kappa shape index (κ3) is 3.03. The van der Waals surface area contributed by atoms with Crippen LogP contribution in [0.1, 0.15) is 11.1 Å². The van der Waals surface area contributed by atoms with Gasteiger partial charge >= 0.3 is 0 Å². The van der Waals surface area contributed by atoms with E-state index >= 15 is 0 Å². The Morgan fingerprint density at radius 2 is 1.52 bits per heavy atom. The molecule has 2 N–H and O–H groups in total. The molecule has 0 bridgehead atoms. The molecule has 4 heteroatoms. The van der Waals surface area contributed by atoms with Gasteiger partial charge in [0.05, 0.1) is 5.69 Å². The Hall–Kier alpha value is -2.39. The highest BCUT2D eigenvalue weighted by atomic mass is 35.5. The van der Waals surface area contributed by atoms with E-state index in [0.29, 0.717) is 16.5 Å². The Balaban J connectivity index is 1.86. The van der Waals surface area contributed by atoms with E-state index < -0.39 is 0 Å². The van der Waals surface area contributed by atoms with Gasteiger partial charge in [0, 0.05) is 5.56 Å². The summed E-state index contributed by atoms with van der Waals surface area (Å²) in [7, 11) is 0. The van der Waals surface area contributed by atoms with Gasteiger partial charge in [0.2, 0.25) is 0 Å². The molecule has 0 atom stereocenters. The van der Waals surface area contributed by atoms with Gasteiger partial charge in [-0.2, -0.15) is 0 Å². The van der Waals surface area contributed by atoms with Crippen molar-refractivity contribution in [1.82, 2.24) is 9.97 Å². The smallest absolute Gasteiger partial charge is 0.146 e. The van der Waals surface area contributed by atoms with E-state index in [1.165, 1.54) is 17.5 Å². The number of nitrogens with zero attached hydrogens (tertiary/aromatic N) is 2. The molecule has 2 aromatic carbocycles. The number of hydrogen-bond donors (Lipinski definition) is 1. The SMILES string of the molecule is Nc1ncnc(-c2ccc(Cc3ccccc3)cc2)c1Cl. The molecular weight excluding hydrogens is 282 g/mol. The lowest BCUT2D eigenvalue weighted by Gasteiger charge is -2.06. The van der Waals surface area contributed by atoms with Crippen molar-refractivity contribution in [1.29, 1.82) is 0 Å². The minimum Gasteiger partial charge on any atom is -0.382 e. The summed E-state index contributed by atoms with van der Waals surface area (Å²) in [5, 5.41) is 0.397. The van der Waals surface area contributed by atoms with Crippen molar-refractivity contribution in [2.45, 2.75) is 6.42 Å². The zero-order chi connectivity index (χ0) is 14.7. The van der Waals surface area contributed by atoms with Crippen LogP contribution in [0.25, 0.3) is 11.3 Å². The first-order chi connectivity index (χ1) is 10.2. The van der Waals surface area contributed by atoms with Crippen LogP contribution in [0.2, 0.25) is 5.02 Å². The van der Waals surface area contributed by atoms with Crippen molar-refractivity contribution < 1.29 is 0 Å². The molecule has 0 unspecified atom stereocenters. The quantitative estimate of drug-likeness (QED) is 0.795. The van der Waals surface area contributed by atoms with E-state index in [1.54, 1.807) is 0 Å². The van der Waals surface area contributed by atoms with Crippen LogP contribution in [0.15, 0.2) is 60.9 Å². The minimum atomic E-state index is 0.301. The summed E-state index contributed by atoms with van der Waals surface area (Å²) in [5.41, 5.74) is 9.83. The highest BCUT2D eigenvalue weighted by Crippen LogP contribution is 2.28. The van der Waals surface area contributed by atoms with Crippen molar-refractivity contribution in [2.75, 3.05) is 5.73 Å². The van der Waals surface area contributed by atoms with Crippen LogP contribution >= 0.6 is 11.6 Å². The van der Waals surface area contributed by atoms with Crippen LogP contribution in [-0.4, -0.2) is 9.97 Å². The number of halogens is 1. The number of hydrogen-bond acceptors (Lipinski definition) is 3. The molecule has 0 saturated heterocycles. The van der Waals surface area contributed by atoms with Crippen LogP contribution in [0, 0.1) is 0 Å². The topological polar surface area (TPSA) is 51.8 Å². The van der Waals surface area contributed by atoms with Crippen LogP contribution < -0.4 is 5.73 Å². The van der Waals surface area contributed by atoms with E-state index in [2.05, 4.69) is 34.2 Å². The summed E-state index contributed by atoms with van der Waals surface area (Å²) >= 11 is 6.15. The number of nitrogen functional groups attached to an aromatic ring is 1. The Kier molecular flexibility index (Phi) is 3.84. The van der Waals surface area contributed by atoms with E-state index in [0.717, 1.165) is 12.0 Å². The first kappa shape index (κ1) is 13.6. The van der Waals surface area contributed by atoms with E-state index in [-0.39, 0.29) is 0 Å². The lowest BCUT2D eigenvalue weighted by Crippen LogP contribution is -1.95. The molecule has 0 aliphatic heterocycles. The Morgan fingerprint density at radius 3 is 2.24 bits per heavy atom. The maximum atomic E-state index is 6.15. The summed E-state index contributed by atoms with van der Waals surface area (Å²) in [6.07, 6.45) is 2.33. The number of nitrogens with two attached hydrogens (primary N) is 1. The minimum absolute atomic E-state index is 0.301. The molecule has 0 spiro atoms. The molecule has 0 saturated carbocycles. The van der Waals surface area contributed by atoms with Crippen molar-refractivity contribution in [2.24, 2.45) is 0 Å². The van der Waals surface area contributed by atoms with E-state index in [9.17, 15) is 0 Å². The van der Waals surface area contributed by atoms with Gasteiger partial charge in [-0.25, -0.2) is 9.97 Å². The molecule has 0 amide bonds. The molecule has 0 aliphatic rings. The Labute approximate surface area is 128 Å². The maximum Gasteiger partial charge on any atom is 0.146 e. The maximum absolute atomic E-state index is 6.15. The molecule has 3 rings (SSSR count). The van der Waals surface area contributed by atoms with Crippen molar-refractivity contribution in [3.63, 3.8) is 0 Å². The summed E-state index contributed by atoms with van der Waals surface area (Å²) < 4.78 is 0. The van der Waals surface area contributed by atoms with Crippen LogP contribution in [0.3, 0.4) is 0 Å². The second-order valence-electron chi connectivity index (χ2n) is 4.78.